The number of rotatable bonds is 10. The number of unbranched alkanes of at least 4 members (excludes halogenated alkanes) is 1. The Bertz CT molecular complexity index is 1440. The molecule has 0 aliphatic carbocycles. The van der Waals surface area contributed by atoms with Crippen molar-refractivity contribution in [1.82, 2.24) is 4.98 Å². The van der Waals surface area contributed by atoms with Crippen LogP contribution < -0.4 is 9.64 Å². The molecular formula is C30H30N2O6S. The quantitative estimate of drug-likeness (QED) is 0.0842. The van der Waals surface area contributed by atoms with E-state index in [9.17, 15) is 19.5 Å². The summed E-state index contributed by atoms with van der Waals surface area (Å²) in [4.78, 5) is 45.3. The van der Waals surface area contributed by atoms with Crippen LogP contribution >= 0.6 is 11.3 Å². The number of aromatic nitrogens is 1. The maximum Gasteiger partial charge on any atom is 0.350 e. The van der Waals surface area contributed by atoms with Crippen LogP contribution in [0.1, 0.15) is 57.9 Å². The highest BCUT2D eigenvalue weighted by Crippen LogP contribution is 2.44. The zero-order valence-electron chi connectivity index (χ0n) is 22.1. The first-order valence-electron chi connectivity index (χ1n) is 12.6. The van der Waals surface area contributed by atoms with Gasteiger partial charge in [0.15, 0.2) is 5.13 Å². The number of thiazole rings is 1. The largest absolute Gasteiger partial charge is 0.507 e. The number of anilines is 1. The van der Waals surface area contributed by atoms with E-state index in [2.05, 4.69) is 18.5 Å². The zero-order chi connectivity index (χ0) is 28.1. The first kappa shape index (κ1) is 27.8. The van der Waals surface area contributed by atoms with Crippen LogP contribution in [0.3, 0.4) is 0 Å². The van der Waals surface area contributed by atoms with Gasteiger partial charge in [-0.05, 0) is 38.0 Å². The van der Waals surface area contributed by atoms with E-state index in [0.717, 1.165) is 29.7 Å². The van der Waals surface area contributed by atoms with Crippen molar-refractivity contribution in [3.05, 3.63) is 94.0 Å². The van der Waals surface area contributed by atoms with E-state index in [1.807, 2.05) is 19.1 Å². The molecule has 1 fully saturated rings. The lowest BCUT2D eigenvalue weighted by Crippen LogP contribution is -2.29. The molecule has 202 valence electrons. The molecule has 0 radical (unpaired) electrons. The Morgan fingerprint density at radius 3 is 2.62 bits per heavy atom. The summed E-state index contributed by atoms with van der Waals surface area (Å²) in [5, 5.41) is 11.6. The van der Waals surface area contributed by atoms with Crippen molar-refractivity contribution in [2.75, 3.05) is 18.1 Å². The Kier molecular flexibility index (Phi) is 8.61. The third kappa shape index (κ3) is 5.78. The van der Waals surface area contributed by atoms with Gasteiger partial charge in [0.25, 0.3) is 5.78 Å². The summed E-state index contributed by atoms with van der Waals surface area (Å²) in [5.41, 5.74) is 2.25. The number of hydrogen-bond donors (Lipinski definition) is 1. The predicted molar refractivity (Wildman–Crippen MR) is 150 cm³/mol. The molecule has 2 heterocycles. The minimum Gasteiger partial charge on any atom is -0.507 e. The lowest BCUT2D eigenvalue weighted by molar-refractivity contribution is -0.132. The molecule has 9 heteroatoms. The first-order chi connectivity index (χ1) is 18.8. The summed E-state index contributed by atoms with van der Waals surface area (Å²) in [5.74, 6) is -2.07. The van der Waals surface area contributed by atoms with E-state index in [4.69, 9.17) is 9.47 Å². The molecule has 0 spiro atoms. The fourth-order valence-corrected chi connectivity index (χ4v) is 5.18. The van der Waals surface area contributed by atoms with Gasteiger partial charge in [-0.1, -0.05) is 79.3 Å². The monoisotopic (exact) mass is 546 g/mol. The molecule has 0 saturated carbocycles. The lowest BCUT2D eigenvalue weighted by Gasteiger charge is -2.23. The third-order valence-corrected chi connectivity index (χ3v) is 7.36. The lowest BCUT2D eigenvalue weighted by atomic mass is 9.95. The molecule has 0 bridgehead atoms. The predicted octanol–water partition coefficient (Wildman–Crippen LogP) is 5.91. The Morgan fingerprint density at radius 2 is 1.92 bits per heavy atom. The highest BCUT2D eigenvalue weighted by atomic mass is 32.1. The van der Waals surface area contributed by atoms with Crippen molar-refractivity contribution in [2.24, 2.45) is 0 Å². The number of ether oxygens (including phenoxy) is 2. The maximum atomic E-state index is 13.5. The zero-order valence-corrected chi connectivity index (χ0v) is 22.9. The summed E-state index contributed by atoms with van der Waals surface area (Å²) in [6.45, 7) is 9.71. The van der Waals surface area contributed by atoms with Gasteiger partial charge >= 0.3 is 11.9 Å². The van der Waals surface area contributed by atoms with E-state index in [0.29, 0.717) is 29.2 Å². The molecule has 39 heavy (non-hydrogen) atoms. The van der Waals surface area contributed by atoms with E-state index in [1.54, 1.807) is 43.3 Å². The molecule has 1 aromatic heterocycles. The number of aliphatic hydroxyl groups is 1. The molecule has 1 saturated heterocycles. The van der Waals surface area contributed by atoms with E-state index in [1.165, 1.54) is 11.0 Å². The minimum absolute atomic E-state index is 0.0284. The van der Waals surface area contributed by atoms with Gasteiger partial charge in [0, 0.05) is 5.56 Å². The summed E-state index contributed by atoms with van der Waals surface area (Å²) in [7, 11) is 0. The van der Waals surface area contributed by atoms with Crippen LogP contribution in [0.5, 0.6) is 5.75 Å². The van der Waals surface area contributed by atoms with Crippen LogP contribution in [0, 0.1) is 13.8 Å². The number of nitrogens with zero attached hydrogens (tertiary/aromatic N) is 2. The number of hydrogen-bond acceptors (Lipinski definition) is 8. The molecule has 1 atom stereocenters. The van der Waals surface area contributed by atoms with Gasteiger partial charge in [-0.2, -0.15) is 0 Å². The van der Waals surface area contributed by atoms with Gasteiger partial charge in [0.1, 0.15) is 23.0 Å². The molecule has 3 aromatic rings. The van der Waals surface area contributed by atoms with Gasteiger partial charge in [-0.3, -0.25) is 14.5 Å². The Balaban J connectivity index is 1.82. The number of carbonyl (C=O) groups excluding carboxylic acids is 3. The number of ketones is 1. The normalized spacial score (nSPS) is 16.4. The second-order valence-corrected chi connectivity index (χ2v) is 10.1. The van der Waals surface area contributed by atoms with Crippen LogP contribution in [0.4, 0.5) is 5.13 Å². The van der Waals surface area contributed by atoms with Crippen molar-refractivity contribution >= 4 is 39.9 Å². The van der Waals surface area contributed by atoms with Gasteiger partial charge in [0.2, 0.25) is 0 Å². The number of esters is 1. The standard InChI is InChI=1S/C30H30N2O6S/c1-5-7-16-37-22-10-8-9-21(17-22)25(33)23-24(20-13-11-18(3)12-14-20)32(28(35)26(23)34)30-31-19(4)27(39-30)29(36)38-15-6-2/h6,8-14,17,24,33H,2,5,7,15-16H2,1,3-4H3. The van der Waals surface area contributed by atoms with Crippen molar-refractivity contribution < 1.29 is 29.0 Å². The highest BCUT2D eigenvalue weighted by molar-refractivity contribution is 7.17. The molecule has 1 amide bonds. The van der Waals surface area contributed by atoms with Crippen molar-refractivity contribution in [3.63, 3.8) is 0 Å². The molecule has 1 aliphatic heterocycles. The highest BCUT2D eigenvalue weighted by Gasteiger charge is 2.48. The first-order valence-corrected chi connectivity index (χ1v) is 13.4. The van der Waals surface area contributed by atoms with E-state index < -0.39 is 23.7 Å². The number of Topliss-reactive ketones (excluding diaryl/α,β-unsaturated/α-hetero) is 1. The molecule has 1 aliphatic rings. The topological polar surface area (TPSA) is 106 Å². The molecule has 1 N–H and O–H groups in total. The van der Waals surface area contributed by atoms with Crippen LogP contribution in [0.2, 0.25) is 0 Å². The molecule has 4 rings (SSSR count). The van der Waals surface area contributed by atoms with Crippen molar-refractivity contribution in [1.29, 1.82) is 0 Å². The van der Waals surface area contributed by atoms with Gasteiger partial charge in [0.05, 0.1) is 23.9 Å². The fourth-order valence-electron chi connectivity index (χ4n) is 4.19. The molecular weight excluding hydrogens is 516 g/mol. The second kappa shape index (κ2) is 12.1. The second-order valence-electron chi connectivity index (χ2n) is 9.11. The van der Waals surface area contributed by atoms with Gasteiger partial charge in [-0.15, -0.1) is 0 Å². The summed E-state index contributed by atoms with van der Waals surface area (Å²) >= 11 is 0.955. The number of amides is 1. The van der Waals surface area contributed by atoms with Crippen molar-refractivity contribution in [3.8, 4) is 5.75 Å². The van der Waals surface area contributed by atoms with Crippen molar-refractivity contribution in [2.45, 2.75) is 39.7 Å². The number of benzene rings is 2. The SMILES string of the molecule is C=CCOC(=O)c1sc(N2C(=O)C(=O)C(=C(O)c3cccc(OCCCC)c3)C2c2ccc(C)cc2)nc1C. The van der Waals surface area contributed by atoms with Crippen LogP contribution in [-0.4, -0.2) is 41.0 Å². The summed E-state index contributed by atoms with van der Waals surface area (Å²) < 4.78 is 10.9. The minimum atomic E-state index is -0.960. The summed E-state index contributed by atoms with van der Waals surface area (Å²) in [6.07, 6.45) is 3.31. The van der Waals surface area contributed by atoms with Gasteiger partial charge in [-0.25, -0.2) is 9.78 Å². The average molecular weight is 547 g/mol. The maximum absolute atomic E-state index is 13.5. The number of aliphatic hydroxyl groups excluding tert-OH is 1. The average Bonchev–Trinajstić information content (AvgIpc) is 3.44. The molecule has 2 aromatic carbocycles. The Hall–Kier alpha value is -4.24. The summed E-state index contributed by atoms with van der Waals surface area (Å²) in [6, 6.07) is 13.2. The van der Waals surface area contributed by atoms with Crippen LogP contribution in [0.25, 0.3) is 5.76 Å². The molecule has 8 nitrogen and oxygen atoms in total. The Labute approximate surface area is 231 Å². The van der Waals surface area contributed by atoms with E-state index in [-0.39, 0.29) is 27.9 Å². The molecule has 1 unspecified atom stereocenters. The van der Waals surface area contributed by atoms with Gasteiger partial charge < -0.3 is 14.6 Å². The Morgan fingerprint density at radius 1 is 1.18 bits per heavy atom. The van der Waals surface area contributed by atoms with Crippen LogP contribution in [0.15, 0.2) is 66.8 Å². The smallest absolute Gasteiger partial charge is 0.350 e. The van der Waals surface area contributed by atoms with E-state index >= 15 is 0 Å². The number of aryl methyl sites for hydroxylation is 2. The number of carbonyl (C=O) groups is 3. The third-order valence-electron chi connectivity index (χ3n) is 6.22. The fraction of sp³-hybridized carbons (Fsp3) is 0.267. The van der Waals surface area contributed by atoms with Crippen LogP contribution in [-0.2, 0) is 14.3 Å².